The minimum absolute atomic E-state index is 0.290. The van der Waals surface area contributed by atoms with Gasteiger partial charge < -0.3 is 10.1 Å². The van der Waals surface area contributed by atoms with E-state index in [1.54, 1.807) is 0 Å². The lowest BCUT2D eigenvalue weighted by Gasteiger charge is -2.32. The predicted octanol–water partition coefficient (Wildman–Crippen LogP) is -0.674. The van der Waals surface area contributed by atoms with Crippen LogP contribution in [0.25, 0.3) is 0 Å². The molecule has 14 heavy (non-hydrogen) atoms. The van der Waals surface area contributed by atoms with Crippen LogP contribution in [-0.2, 0) is 19.4 Å². The van der Waals surface area contributed by atoms with Crippen LogP contribution >= 0.6 is 0 Å². The normalized spacial score (nSPS) is 21.6. The van der Waals surface area contributed by atoms with E-state index >= 15 is 0 Å². The number of hydrogen-bond acceptors (Lipinski definition) is 5. The molecule has 0 aliphatic carbocycles. The smallest absolute Gasteiger partial charge is 0.327 e. The van der Waals surface area contributed by atoms with Gasteiger partial charge in [-0.2, -0.15) is 0 Å². The number of sulfone groups is 1. The summed E-state index contributed by atoms with van der Waals surface area (Å²) in [5, 5.41) is 3.02. The molecule has 1 aliphatic rings. The lowest BCUT2D eigenvalue weighted by Crippen LogP contribution is -2.53. The zero-order chi connectivity index (χ0) is 10.8. The van der Waals surface area contributed by atoms with E-state index in [1.807, 2.05) is 0 Å². The standard InChI is InChI=1S/C8H15NO4S/c1-13-7(10)8(14(2,11)12)3-5-9-6-4-8/h9H,3-6H2,1-2H3. The Kier molecular flexibility index (Phi) is 3.16. The highest BCUT2D eigenvalue weighted by molar-refractivity contribution is 7.92. The maximum absolute atomic E-state index is 11.6. The fourth-order valence-corrected chi connectivity index (χ4v) is 3.07. The first-order valence-corrected chi connectivity index (χ1v) is 6.32. The molecule has 0 unspecified atom stereocenters. The minimum Gasteiger partial charge on any atom is -0.468 e. The quantitative estimate of drug-likeness (QED) is 0.626. The number of carbonyl (C=O) groups is 1. The van der Waals surface area contributed by atoms with Crippen molar-refractivity contribution in [1.29, 1.82) is 0 Å². The maximum atomic E-state index is 11.6. The third kappa shape index (κ3) is 1.76. The number of piperidine rings is 1. The Morgan fingerprint density at radius 2 is 1.86 bits per heavy atom. The van der Waals surface area contributed by atoms with Crippen LogP contribution in [0.2, 0.25) is 0 Å². The van der Waals surface area contributed by atoms with E-state index in [1.165, 1.54) is 7.11 Å². The third-order valence-electron chi connectivity index (χ3n) is 2.68. The van der Waals surface area contributed by atoms with Gasteiger partial charge in [-0.1, -0.05) is 0 Å². The highest BCUT2D eigenvalue weighted by Gasteiger charge is 2.49. The largest absolute Gasteiger partial charge is 0.468 e. The average molecular weight is 221 g/mol. The Morgan fingerprint density at radius 3 is 2.21 bits per heavy atom. The number of methoxy groups -OCH3 is 1. The van der Waals surface area contributed by atoms with E-state index in [-0.39, 0.29) is 0 Å². The molecule has 82 valence electrons. The molecule has 1 N–H and O–H groups in total. The molecule has 6 heteroatoms. The second-order valence-corrected chi connectivity index (χ2v) is 5.83. The highest BCUT2D eigenvalue weighted by atomic mass is 32.2. The summed E-state index contributed by atoms with van der Waals surface area (Å²) in [7, 11) is -2.19. The SMILES string of the molecule is COC(=O)C1(S(C)(=O)=O)CCNCC1. The Morgan fingerprint density at radius 1 is 1.36 bits per heavy atom. The Hall–Kier alpha value is -0.620. The molecule has 0 bridgehead atoms. The van der Waals surface area contributed by atoms with Gasteiger partial charge in [-0.05, 0) is 25.9 Å². The molecule has 0 spiro atoms. The molecule has 0 radical (unpaired) electrons. The van der Waals surface area contributed by atoms with Crippen LogP contribution in [0.5, 0.6) is 0 Å². The van der Waals surface area contributed by atoms with Crippen molar-refractivity contribution in [1.82, 2.24) is 5.32 Å². The van der Waals surface area contributed by atoms with E-state index in [0.717, 1.165) is 6.26 Å². The summed E-state index contributed by atoms with van der Waals surface area (Å²) in [5.41, 5.74) is 0. The fraction of sp³-hybridized carbons (Fsp3) is 0.875. The predicted molar refractivity (Wildman–Crippen MR) is 51.7 cm³/mol. The van der Waals surface area contributed by atoms with Crippen LogP contribution in [0.3, 0.4) is 0 Å². The fourth-order valence-electron chi connectivity index (χ4n) is 1.74. The van der Waals surface area contributed by atoms with E-state index in [9.17, 15) is 13.2 Å². The molecule has 1 aliphatic heterocycles. The summed E-state index contributed by atoms with van der Waals surface area (Å²) in [6, 6.07) is 0. The van der Waals surface area contributed by atoms with Gasteiger partial charge in [0.15, 0.2) is 14.6 Å². The summed E-state index contributed by atoms with van der Waals surface area (Å²) in [5.74, 6) is -0.638. The van der Waals surface area contributed by atoms with Crippen molar-refractivity contribution in [3.63, 3.8) is 0 Å². The number of esters is 1. The van der Waals surface area contributed by atoms with E-state index < -0.39 is 20.6 Å². The van der Waals surface area contributed by atoms with Crippen LogP contribution < -0.4 is 5.32 Å². The van der Waals surface area contributed by atoms with Gasteiger partial charge >= 0.3 is 5.97 Å². The van der Waals surface area contributed by atoms with Crippen LogP contribution in [-0.4, -0.2) is 45.6 Å². The summed E-state index contributed by atoms with van der Waals surface area (Å²) >= 11 is 0. The first-order chi connectivity index (χ1) is 6.44. The van der Waals surface area contributed by atoms with Gasteiger partial charge in [0.25, 0.3) is 0 Å². The summed E-state index contributed by atoms with van der Waals surface area (Å²) < 4.78 is 26.4. The molecule has 5 nitrogen and oxygen atoms in total. The molecule has 0 amide bonds. The molecule has 1 rings (SSSR count). The lowest BCUT2D eigenvalue weighted by atomic mass is 9.97. The number of nitrogens with one attached hydrogen (secondary N) is 1. The first kappa shape index (κ1) is 11.5. The second kappa shape index (κ2) is 3.86. The first-order valence-electron chi connectivity index (χ1n) is 4.43. The molecular formula is C8H15NO4S. The Bertz CT molecular complexity index is 316. The van der Waals surface area contributed by atoms with Crippen LogP contribution in [0, 0.1) is 0 Å². The Balaban J connectivity index is 3.07. The second-order valence-electron chi connectivity index (χ2n) is 3.51. The van der Waals surface area contributed by atoms with Crippen LogP contribution in [0.4, 0.5) is 0 Å². The molecule has 0 saturated carbocycles. The topological polar surface area (TPSA) is 72.5 Å². The lowest BCUT2D eigenvalue weighted by molar-refractivity contribution is -0.144. The maximum Gasteiger partial charge on any atom is 0.327 e. The van der Waals surface area contributed by atoms with Gasteiger partial charge in [-0.15, -0.1) is 0 Å². The summed E-state index contributed by atoms with van der Waals surface area (Å²) in [6.07, 6.45) is 1.67. The van der Waals surface area contributed by atoms with Gasteiger partial charge in [-0.3, -0.25) is 4.79 Å². The van der Waals surface area contributed by atoms with Crippen molar-refractivity contribution in [3.8, 4) is 0 Å². The van der Waals surface area contributed by atoms with Crippen molar-refractivity contribution in [2.45, 2.75) is 17.6 Å². The van der Waals surface area contributed by atoms with E-state index in [2.05, 4.69) is 10.1 Å². The molecule has 0 aromatic heterocycles. The highest BCUT2D eigenvalue weighted by Crippen LogP contribution is 2.28. The van der Waals surface area contributed by atoms with Crippen LogP contribution in [0.1, 0.15) is 12.8 Å². The van der Waals surface area contributed by atoms with Gasteiger partial charge in [0.1, 0.15) is 0 Å². The zero-order valence-electron chi connectivity index (χ0n) is 8.37. The molecule has 0 aromatic rings. The molecule has 1 heterocycles. The average Bonchev–Trinajstić information content (AvgIpc) is 2.16. The van der Waals surface area contributed by atoms with Crippen molar-refractivity contribution in [2.75, 3.05) is 26.5 Å². The van der Waals surface area contributed by atoms with Crippen molar-refractivity contribution in [2.24, 2.45) is 0 Å². The molecule has 1 saturated heterocycles. The van der Waals surface area contributed by atoms with E-state index in [0.29, 0.717) is 25.9 Å². The van der Waals surface area contributed by atoms with Gasteiger partial charge in [0, 0.05) is 6.26 Å². The van der Waals surface area contributed by atoms with Crippen molar-refractivity contribution in [3.05, 3.63) is 0 Å². The molecule has 0 atom stereocenters. The van der Waals surface area contributed by atoms with Crippen LogP contribution in [0.15, 0.2) is 0 Å². The molecule has 0 aromatic carbocycles. The van der Waals surface area contributed by atoms with Gasteiger partial charge in [-0.25, -0.2) is 8.42 Å². The third-order valence-corrected chi connectivity index (χ3v) is 4.67. The molecule has 1 fully saturated rings. The van der Waals surface area contributed by atoms with Crippen molar-refractivity contribution < 1.29 is 17.9 Å². The number of carbonyl (C=O) groups excluding carboxylic acids is 1. The summed E-state index contributed by atoms with van der Waals surface area (Å²) in [4.78, 5) is 11.5. The van der Waals surface area contributed by atoms with Gasteiger partial charge in [0.2, 0.25) is 0 Å². The molecular weight excluding hydrogens is 206 g/mol. The number of ether oxygens (including phenoxy) is 1. The van der Waals surface area contributed by atoms with Crippen molar-refractivity contribution >= 4 is 15.8 Å². The minimum atomic E-state index is -3.41. The Labute approximate surface area is 83.7 Å². The zero-order valence-corrected chi connectivity index (χ0v) is 9.19. The number of rotatable bonds is 2. The number of hydrogen-bond donors (Lipinski definition) is 1. The van der Waals surface area contributed by atoms with E-state index in [4.69, 9.17) is 0 Å². The van der Waals surface area contributed by atoms with Gasteiger partial charge in [0.05, 0.1) is 7.11 Å². The summed E-state index contributed by atoms with van der Waals surface area (Å²) in [6.45, 7) is 1.06. The monoisotopic (exact) mass is 221 g/mol.